The molecule has 1 aromatic carbocycles. The van der Waals surface area contributed by atoms with Gasteiger partial charge in [-0.25, -0.2) is 11.5 Å². The van der Waals surface area contributed by atoms with Crippen molar-refractivity contribution in [3.63, 3.8) is 0 Å². The summed E-state index contributed by atoms with van der Waals surface area (Å²) in [5.41, 5.74) is 0. The Morgan fingerprint density at radius 3 is 2.76 bits per heavy atom. The second kappa shape index (κ2) is 5.50. The molecular weight excluding hydrogens is 284 g/mol. The minimum atomic E-state index is -0.527. The lowest BCUT2D eigenvalue weighted by Gasteiger charge is -2.16. The van der Waals surface area contributed by atoms with Crippen molar-refractivity contribution >= 4 is 15.9 Å². The number of ether oxygens (including phenoxy) is 1. The molecule has 1 saturated heterocycles. The van der Waals surface area contributed by atoms with Crippen LogP contribution in [0.4, 0.5) is 0 Å². The predicted molar refractivity (Wildman–Crippen MR) is 67.6 cm³/mol. The van der Waals surface area contributed by atoms with Crippen molar-refractivity contribution in [3.05, 3.63) is 40.2 Å². The summed E-state index contributed by atoms with van der Waals surface area (Å²) in [7, 11) is 0. The molecule has 0 spiro atoms. The van der Waals surface area contributed by atoms with Gasteiger partial charge < -0.3 is 9.84 Å². The van der Waals surface area contributed by atoms with Gasteiger partial charge in [0.25, 0.3) is 6.67 Å². The van der Waals surface area contributed by atoms with Crippen LogP contribution in [0.1, 0.15) is 0 Å². The van der Waals surface area contributed by atoms with Crippen molar-refractivity contribution < 1.29 is 9.84 Å². The van der Waals surface area contributed by atoms with Crippen molar-refractivity contribution in [3.8, 4) is 5.75 Å². The van der Waals surface area contributed by atoms with Crippen molar-refractivity contribution in [2.24, 2.45) is 0 Å². The molecule has 1 aliphatic heterocycles. The lowest BCUT2D eigenvalue weighted by atomic mass is 10.2. The first-order chi connectivity index (χ1) is 8.19. The third-order valence-corrected chi connectivity index (χ3v) is 3.21. The van der Waals surface area contributed by atoms with Crippen LogP contribution >= 0.6 is 15.9 Å². The van der Waals surface area contributed by atoms with Gasteiger partial charge in [-0.05, 0) is 24.3 Å². The van der Waals surface area contributed by atoms with Gasteiger partial charge in [0.1, 0.15) is 18.0 Å². The Hall–Kier alpha value is -1.09. The van der Waals surface area contributed by atoms with E-state index in [9.17, 15) is 5.11 Å². The minimum Gasteiger partial charge on any atom is -0.486 e. The summed E-state index contributed by atoms with van der Waals surface area (Å²) in [5, 5.41) is 9.82. The number of aliphatic hydroxyl groups excluding tert-OH is 1. The molecule has 0 radical (unpaired) electrons. The molecule has 0 saturated carbocycles. The second-order valence-electron chi connectivity index (χ2n) is 4.01. The van der Waals surface area contributed by atoms with Gasteiger partial charge in [-0.2, -0.15) is 0 Å². The molecule has 4 nitrogen and oxygen atoms in total. The molecule has 1 aliphatic rings. The van der Waals surface area contributed by atoms with Crippen molar-refractivity contribution in [2.75, 3.05) is 19.8 Å². The van der Waals surface area contributed by atoms with E-state index in [2.05, 4.69) is 20.8 Å². The maximum atomic E-state index is 9.82. The van der Waals surface area contributed by atoms with Crippen molar-refractivity contribution in [2.45, 2.75) is 12.2 Å². The van der Waals surface area contributed by atoms with E-state index < -0.39 is 6.10 Å². The zero-order valence-electron chi connectivity index (χ0n) is 9.21. The molecule has 17 heavy (non-hydrogen) atoms. The lowest BCUT2D eigenvalue weighted by molar-refractivity contribution is 0.0737. The van der Waals surface area contributed by atoms with Gasteiger partial charge in [-0.15, -0.1) is 0 Å². The summed E-state index contributed by atoms with van der Waals surface area (Å²) >= 11 is 3.35. The Kier molecular flexibility index (Phi) is 4.00. The number of hydrogen-bond acceptors (Lipinski definition) is 3. The van der Waals surface area contributed by atoms with Crippen molar-refractivity contribution in [1.29, 1.82) is 0 Å². The Morgan fingerprint density at radius 1 is 1.41 bits per heavy atom. The van der Waals surface area contributed by atoms with Gasteiger partial charge in [0.05, 0.1) is 0 Å². The first-order valence-electron chi connectivity index (χ1n) is 5.35. The monoisotopic (exact) mass is 296 g/mol. The average Bonchev–Trinajstić information content (AvgIpc) is 2.63. The smallest absolute Gasteiger partial charge is 0.270 e. The lowest BCUT2D eigenvalue weighted by Crippen LogP contribution is -2.29. The van der Waals surface area contributed by atoms with Crippen LogP contribution in [0, 0.1) is 6.57 Å². The topological polar surface area (TPSA) is 37.1 Å². The number of hydrogen-bond donors (Lipinski definition) is 1. The molecule has 0 amide bonds. The molecule has 90 valence electrons. The van der Waals surface area contributed by atoms with E-state index in [0.29, 0.717) is 19.8 Å². The third kappa shape index (κ3) is 3.19. The van der Waals surface area contributed by atoms with Gasteiger partial charge in [0.15, 0.2) is 0 Å². The first kappa shape index (κ1) is 12.4. The molecule has 5 heteroatoms. The standard InChI is InChI=1S/C12H13BrN2O2/c1-14-8-15-6-11(16)12(7-15)17-10-4-2-9(13)3-5-10/h2-5,11-12,16H,6-8H2/t11-,12-/m1/s1. The number of likely N-dealkylation sites (tertiary alicyclic amines) is 1. The van der Waals surface area contributed by atoms with Crippen LogP contribution in [-0.2, 0) is 0 Å². The summed E-state index contributed by atoms with van der Waals surface area (Å²) in [5.74, 6) is 0.738. The number of nitrogens with zero attached hydrogens (tertiary/aromatic N) is 2. The fourth-order valence-electron chi connectivity index (χ4n) is 1.85. The third-order valence-electron chi connectivity index (χ3n) is 2.68. The van der Waals surface area contributed by atoms with Crippen LogP contribution in [0.2, 0.25) is 0 Å². The maximum Gasteiger partial charge on any atom is 0.270 e. The number of halogens is 1. The van der Waals surface area contributed by atoms with Gasteiger partial charge in [0, 0.05) is 17.6 Å². The second-order valence-corrected chi connectivity index (χ2v) is 4.93. The summed E-state index contributed by atoms with van der Waals surface area (Å²) in [4.78, 5) is 5.20. The number of rotatable bonds is 3. The molecule has 0 unspecified atom stereocenters. The quantitative estimate of drug-likeness (QED) is 0.864. The largest absolute Gasteiger partial charge is 0.486 e. The molecular formula is C12H13BrN2O2. The zero-order chi connectivity index (χ0) is 12.3. The molecule has 0 aromatic heterocycles. The van der Waals surface area contributed by atoms with E-state index in [1.807, 2.05) is 29.2 Å². The van der Waals surface area contributed by atoms with Gasteiger partial charge in [-0.1, -0.05) is 15.9 Å². The Balaban J connectivity index is 1.95. The SMILES string of the molecule is [C-]#[N+]CN1C[C@@H](O)[C@H](Oc2ccc(Br)cc2)C1. The zero-order valence-corrected chi connectivity index (χ0v) is 10.8. The van der Waals surface area contributed by atoms with Gasteiger partial charge >= 0.3 is 0 Å². The highest BCUT2D eigenvalue weighted by Gasteiger charge is 2.34. The van der Waals surface area contributed by atoms with Crippen LogP contribution in [0.15, 0.2) is 28.7 Å². The van der Waals surface area contributed by atoms with E-state index in [-0.39, 0.29) is 6.10 Å². The highest BCUT2D eigenvalue weighted by molar-refractivity contribution is 9.10. The van der Waals surface area contributed by atoms with Crippen LogP contribution in [0.25, 0.3) is 4.85 Å². The fraction of sp³-hybridized carbons (Fsp3) is 0.417. The minimum absolute atomic E-state index is 0.252. The van der Waals surface area contributed by atoms with Crippen LogP contribution in [0.3, 0.4) is 0 Å². The molecule has 1 N–H and O–H groups in total. The van der Waals surface area contributed by atoms with Gasteiger partial charge in [-0.3, -0.25) is 4.85 Å². The Morgan fingerprint density at radius 2 is 2.12 bits per heavy atom. The highest BCUT2D eigenvalue weighted by Crippen LogP contribution is 2.21. The van der Waals surface area contributed by atoms with E-state index >= 15 is 0 Å². The molecule has 2 rings (SSSR count). The van der Waals surface area contributed by atoms with Crippen LogP contribution in [-0.4, -0.2) is 42.0 Å². The molecule has 1 fully saturated rings. The van der Waals surface area contributed by atoms with Crippen LogP contribution < -0.4 is 4.74 Å². The van der Waals surface area contributed by atoms with Crippen molar-refractivity contribution in [1.82, 2.24) is 4.90 Å². The summed E-state index contributed by atoms with van der Waals surface area (Å²) < 4.78 is 6.70. The molecule has 2 atom stereocenters. The molecule has 0 aliphatic carbocycles. The maximum absolute atomic E-state index is 9.82. The number of benzene rings is 1. The predicted octanol–water partition coefficient (Wildman–Crippen LogP) is 1.75. The summed E-state index contributed by atoms with van der Waals surface area (Å²) in [6, 6.07) is 7.50. The van der Waals surface area contributed by atoms with E-state index in [1.165, 1.54) is 0 Å². The normalized spacial score (nSPS) is 24.5. The summed E-state index contributed by atoms with van der Waals surface area (Å²) in [6.07, 6.45) is -0.779. The number of β-amino-alcohol motifs (C(OH)–C–C–N with tert-alkyl or cyclic N) is 1. The fourth-order valence-corrected chi connectivity index (χ4v) is 2.12. The van der Waals surface area contributed by atoms with Gasteiger partial charge in [0.2, 0.25) is 0 Å². The Bertz CT molecular complexity index is 416. The van der Waals surface area contributed by atoms with E-state index in [1.54, 1.807) is 0 Å². The Labute approximate surface area is 109 Å². The molecule has 1 aromatic rings. The van der Waals surface area contributed by atoms with E-state index in [4.69, 9.17) is 11.3 Å². The van der Waals surface area contributed by atoms with Crippen LogP contribution in [0.5, 0.6) is 5.75 Å². The summed E-state index contributed by atoms with van der Waals surface area (Å²) in [6.45, 7) is 8.22. The highest BCUT2D eigenvalue weighted by atomic mass is 79.9. The first-order valence-corrected chi connectivity index (χ1v) is 6.14. The number of aliphatic hydroxyl groups is 1. The van der Waals surface area contributed by atoms with E-state index in [0.717, 1.165) is 10.2 Å². The average molecular weight is 297 g/mol. The molecule has 1 heterocycles. The molecule has 0 bridgehead atoms.